The Labute approximate surface area is 248 Å². The molecule has 4 aromatic rings. The van der Waals surface area contributed by atoms with E-state index in [0.29, 0.717) is 35.7 Å². The summed E-state index contributed by atoms with van der Waals surface area (Å²) in [6.07, 6.45) is 2.82. The Kier molecular flexibility index (Phi) is 12.9. The highest BCUT2D eigenvalue weighted by atomic mass is 32.1. The van der Waals surface area contributed by atoms with Gasteiger partial charge in [-0.2, -0.15) is 0 Å². The summed E-state index contributed by atoms with van der Waals surface area (Å²) in [6, 6.07) is 23.8. The number of carbonyl (C=O) groups excluding carboxylic acids is 1. The molecule has 4 rings (SSSR count). The monoisotopic (exact) mass is 576 g/mol. The fourth-order valence-corrected chi connectivity index (χ4v) is 5.06. The van der Waals surface area contributed by atoms with Gasteiger partial charge in [0, 0.05) is 37.0 Å². The van der Waals surface area contributed by atoms with E-state index >= 15 is 0 Å². The molecule has 41 heavy (non-hydrogen) atoms. The topological polar surface area (TPSA) is 104 Å². The predicted molar refractivity (Wildman–Crippen MR) is 172 cm³/mol. The van der Waals surface area contributed by atoms with E-state index in [9.17, 15) is 4.79 Å². The normalized spacial score (nSPS) is 11.0. The number of carbonyl (C=O) groups is 1. The molecule has 1 aromatic heterocycles. The maximum absolute atomic E-state index is 11.5. The molecule has 0 aliphatic carbocycles. The van der Waals surface area contributed by atoms with Crippen LogP contribution >= 0.6 is 11.3 Å². The molecule has 0 aliphatic rings. The van der Waals surface area contributed by atoms with Crippen molar-refractivity contribution in [1.29, 1.82) is 0 Å². The van der Waals surface area contributed by atoms with Crippen molar-refractivity contribution in [2.75, 3.05) is 36.1 Å². The molecule has 0 spiro atoms. The van der Waals surface area contributed by atoms with Crippen LogP contribution < -0.4 is 21.1 Å². The molecule has 0 fully saturated rings. The summed E-state index contributed by atoms with van der Waals surface area (Å²) in [5, 5.41) is 0.519. The van der Waals surface area contributed by atoms with Crippen LogP contribution in [0.4, 0.5) is 16.5 Å². The summed E-state index contributed by atoms with van der Waals surface area (Å²) in [5.74, 6) is 1.34. The van der Waals surface area contributed by atoms with E-state index < -0.39 is 0 Å². The number of hydrogen-bond donors (Lipinski definition) is 2. The highest BCUT2D eigenvalue weighted by molar-refractivity contribution is 7.22. The van der Waals surface area contributed by atoms with Crippen LogP contribution in [-0.4, -0.2) is 30.6 Å². The molecule has 0 aliphatic heterocycles. The molecule has 0 saturated carbocycles. The maximum Gasteiger partial charge on any atom is 0.311 e. The second-order valence-corrected chi connectivity index (χ2v) is 11.6. The number of nitrogens with zero attached hydrogens (tertiary/aromatic N) is 2. The number of benzene rings is 3. The Hall–Kier alpha value is -3.62. The SMILES string of the molecule is CC(C)CC(=O)Oc1ccc2nc(N)sc2c1.CCC(CC)CN(CCOCc1ccccc1)c1ccc(N)cc1. The maximum atomic E-state index is 11.5. The van der Waals surface area contributed by atoms with E-state index in [0.717, 1.165) is 35.6 Å². The molecule has 0 radical (unpaired) electrons. The summed E-state index contributed by atoms with van der Waals surface area (Å²) in [4.78, 5) is 18.1. The van der Waals surface area contributed by atoms with E-state index in [2.05, 4.69) is 48.0 Å². The van der Waals surface area contributed by atoms with Gasteiger partial charge in [-0.25, -0.2) is 4.98 Å². The lowest BCUT2D eigenvalue weighted by molar-refractivity contribution is -0.135. The van der Waals surface area contributed by atoms with E-state index in [-0.39, 0.29) is 5.97 Å². The van der Waals surface area contributed by atoms with Gasteiger partial charge in [0.2, 0.25) is 0 Å². The average molecular weight is 577 g/mol. The number of thiazole rings is 1. The average Bonchev–Trinajstić information content (AvgIpc) is 3.33. The van der Waals surface area contributed by atoms with Crippen molar-refractivity contribution in [2.45, 2.75) is 53.6 Å². The lowest BCUT2D eigenvalue weighted by Gasteiger charge is -2.29. The van der Waals surface area contributed by atoms with Gasteiger partial charge in [0.25, 0.3) is 0 Å². The largest absolute Gasteiger partial charge is 0.426 e. The number of anilines is 3. The molecule has 1 heterocycles. The Morgan fingerprint density at radius 2 is 1.68 bits per heavy atom. The Bertz CT molecular complexity index is 1320. The third kappa shape index (κ3) is 11.1. The fraction of sp³-hybridized carbons (Fsp3) is 0.394. The summed E-state index contributed by atoms with van der Waals surface area (Å²) in [7, 11) is 0. The van der Waals surface area contributed by atoms with Gasteiger partial charge in [-0.05, 0) is 53.8 Å². The van der Waals surface area contributed by atoms with Crippen LogP contribution in [0.5, 0.6) is 5.75 Å². The van der Waals surface area contributed by atoms with Gasteiger partial charge in [-0.3, -0.25) is 4.79 Å². The van der Waals surface area contributed by atoms with E-state index in [1.165, 1.54) is 35.4 Å². The number of rotatable bonds is 13. The van der Waals surface area contributed by atoms with Crippen molar-refractivity contribution < 1.29 is 14.3 Å². The first-order chi connectivity index (χ1) is 19.8. The molecule has 220 valence electrons. The van der Waals surface area contributed by atoms with E-state index in [1.54, 1.807) is 18.2 Å². The molecule has 0 amide bonds. The van der Waals surface area contributed by atoms with Crippen LogP contribution in [-0.2, 0) is 16.1 Å². The number of fused-ring (bicyclic) bond motifs is 1. The lowest BCUT2D eigenvalue weighted by atomic mass is 10.0. The molecule has 0 unspecified atom stereocenters. The van der Waals surface area contributed by atoms with Gasteiger partial charge in [-0.15, -0.1) is 0 Å². The highest BCUT2D eigenvalue weighted by Gasteiger charge is 2.13. The molecular weight excluding hydrogens is 532 g/mol. The minimum Gasteiger partial charge on any atom is -0.426 e. The standard InChI is InChI=1S/C21H30N2O.C12H14N2O2S/c1-3-18(4-2)16-23(21-12-10-20(22)11-13-21)14-15-24-17-19-8-6-5-7-9-19;1-7(2)5-11(15)16-8-3-4-9-10(6-8)17-12(13)14-9/h5-13,18H,3-4,14-17,22H2,1-2H3;3-4,6-7H,5H2,1-2H3,(H2,13,14). The van der Waals surface area contributed by atoms with Crippen LogP contribution in [0.1, 0.15) is 52.5 Å². The molecule has 8 heteroatoms. The molecular formula is C33H44N4O3S. The van der Waals surface area contributed by atoms with Crippen LogP contribution in [0, 0.1) is 11.8 Å². The minimum atomic E-state index is -0.211. The smallest absolute Gasteiger partial charge is 0.311 e. The van der Waals surface area contributed by atoms with Gasteiger partial charge in [0.15, 0.2) is 5.13 Å². The lowest BCUT2D eigenvalue weighted by Crippen LogP contribution is -2.32. The van der Waals surface area contributed by atoms with Crippen LogP contribution in [0.25, 0.3) is 10.2 Å². The van der Waals surface area contributed by atoms with Crippen molar-refractivity contribution in [3.63, 3.8) is 0 Å². The fourth-order valence-electron chi connectivity index (χ4n) is 4.30. The molecule has 0 saturated heterocycles. The van der Waals surface area contributed by atoms with Crippen LogP contribution in [0.2, 0.25) is 0 Å². The zero-order valence-corrected chi connectivity index (χ0v) is 25.5. The van der Waals surface area contributed by atoms with Crippen LogP contribution in [0.15, 0.2) is 72.8 Å². The summed E-state index contributed by atoms with van der Waals surface area (Å²) in [6.45, 7) is 11.8. The number of nitrogens with two attached hydrogens (primary N) is 2. The molecule has 4 N–H and O–H groups in total. The summed E-state index contributed by atoms with van der Waals surface area (Å²) >= 11 is 1.38. The first-order valence-corrected chi connectivity index (χ1v) is 15.2. The van der Waals surface area contributed by atoms with Crippen molar-refractivity contribution in [1.82, 2.24) is 4.98 Å². The first kappa shape index (κ1) is 31.9. The van der Waals surface area contributed by atoms with E-state index in [1.807, 2.05) is 44.2 Å². The third-order valence-electron chi connectivity index (χ3n) is 6.69. The zero-order valence-electron chi connectivity index (χ0n) is 24.7. The predicted octanol–water partition coefficient (Wildman–Crippen LogP) is 7.56. The number of esters is 1. The van der Waals surface area contributed by atoms with E-state index in [4.69, 9.17) is 20.9 Å². The Morgan fingerprint density at radius 3 is 2.34 bits per heavy atom. The van der Waals surface area contributed by atoms with Gasteiger partial charge < -0.3 is 25.8 Å². The van der Waals surface area contributed by atoms with Crippen LogP contribution in [0.3, 0.4) is 0 Å². The summed E-state index contributed by atoms with van der Waals surface area (Å²) < 4.78 is 12.0. The Balaban J connectivity index is 0.000000239. The van der Waals surface area contributed by atoms with Gasteiger partial charge in [0.1, 0.15) is 5.75 Å². The zero-order chi connectivity index (χ0) is 29.6. The second kappa shape index (κ2) is 16.6. The highest BCUT2D eigenvalue weighted by Crippen LogP contribution is 2.27. The Morgan fingerprint density at radius 1 is 0.976 bits per heavy atom. The van der Waals surface area contributed by atoms with Crippen molar-refractivity contribution in [2.24, 2.45) is 11.8 Å². The van der Waals surface area contributed by atoms with Crippen molar-refractivity contribution >= 4 is 44.0 Å². The molecule has 7 nitrogen and oxygen atoms in total. The third-order valence-corrected chi connectivity index (χ3v) is 7.54. The number of aromatic nitrogens is 1. The molecule has 0 bridgehead atoms. The number of ether oxygens (including phenoxy) is 2. The van der Waals surface area contributed by atoms with Crippen molar-refractivity contribution in [3.8, 4) is 5.75 Å². The molecule has 0 atom stereocenters. The van der Waals surface area contributed by atoms with Gasteiger partial charge >= 0.3 is 5.97 Å². The number of nitrogen functional groups attached to an aromatic ring is 2. The second-order valence-electron chi connectivity index (χ2n) is 10.5. The molecule has 3 aromatic carbocycles. The minimum absolute atomic E-state index is 0.211. The summed E-state index contributed by atoms with van der Waals surface area (Å²) in [5.41, 5.74) is 15.5. The number of hydrogen-bond acceptors (Lipinski definition) is 8. The van der Waals surface area contributed by atoms with Crippen molar-refractivity contribution in [3.05, 3.63) is 78.4 Å². The quantitative estimate of drug-likeness (QED) is 0.0732. The first-order valence-electron chi connectivity index (χ1n) is 14.4. The van der Waals surface area contributed by atoms with Gasteiger partial charge in [0.05, 0.1) is 23.4 Å². The van der Waals surface area contributed by atoms with Gasteiger partial charge in [-0.1, -0.05) is 82.2 Å².